The molecule has 4 saturated heterocycles. The monoisotopic (exact) mass is 1100 g/mol. The number of carbonyl (C=O) groups is 2. The fraction of sp³-hybridized carbons (Fsp3) is 0.659. The van der Waals surface area contributed by atoms with Gasteiger partial charge in [-0.15, -0.1) is 0 Å². The molecule has 0 aromatic heterocycles. The number of hydrogen-bond acceptors (Lipinski definition) is 6. The molecule has 9 atom stereocenters. The van der Waals surface area contributed by atoms with Gasteiger partial charge in [0.05, 0.1) is 29.3 Å². The molecule has 3 radical (unpaired) electrons. The summed E-state index contributed by atoms with van der Waals surface area (Å²) in [5, 5.41) is 0. The van der Waals surface area contributed by atoms with E-state index in [1.54, 1.807) is 0 Å². The minimum absolute atomic E-state index is 0. The van der Waals surface area contributed by atoms with Crippen molar-refractivity contribution in [2.75, 3.05) is 40.7 Å². The van der Waals surface area contributed by atoms with Gasteiger partial charge < -0.3 is 4.74 Å². The van der Waals surface area contributed by atoms with Gasteiger partial charge in [0.15, 0.2) is 0 Å². The van der Waals surface area contributed by atoms with Crippen molar-refractivity contribution in [2.24, 2.45) is 11.8 Å². The summed E-state index contributed by atoms with van der Waals surface area (Å²) < 4.78 is 54.0. The van der Waals surface area contributed by atoms with E-state index in [0.717, 1.165) is 61.2 Å². The summed E-state index contributed by atoms with van der Waals surface area (Å²) in [5.74, 6) is -0.0843. The molecule has 4 aliphatic rings. The van der Waals surface area contributed by atoms with E-state index in [0.29, 0.717) is 29.8 Å². The number of rotatable bonds is 11. The van der Waals surface area contributed by atoms with Crippen LogP contribution in [-0.4, -0.2) is 127 Å². The average molecular weight is 1100 g/mol. The first-order valence-corrected chi connectivity index (χ1v) is 32.3. The van der Waals surface area contributed by atoms with Crippen molar-refractivity contribution < 1.29 is 33.4 Å². The molecular formula is C41H64F3IN2O4PSn2. The van der Waals surface area contributed by atoms with Gasteiger partial charge in [0.2, 0.25) is 0 Å². The molecule has 0 saturated carbocycles. The van der Waals surface area contributed by atoms with Crippen LogP contribution in [-0.2, 0) is 19.1 Å². The third kappa shape index (κ3) is 12.4. The molecule has 303 valence electrons. The molecule has 2 aromatic rings. The van der Waals surface area contributed by atoms with E-state index in [1.165, 1.54) is 55.0 Å². The standard InChI is InChI=1S/C18H23FINO2.C18H23FNO2.CH4.4CH3.FH2P.2Sn/c1-23-18(22)17-15(12-3-5-13(20)6-4-12)11-14-7-8-16(17)21(14)10-2-9-19;1-22-18(21)17-15(13-6-3-2-4-7-13)12-14-8-9-16(17)20(14)11-5-10-19;;;;;;1-2;;/h3-6,14-17H,2,7-11H2,1H3;3-4,6-7,14-17H,5,8-12H2,1H3;1H4;4*1H3;2H2;;/i20-4;;;1T;;;;;;. The number of alkyl halides is 2. The summed E-state index contributed by atoms with van der Waals surface area (Å²) in [7, 11) is 3.88. The second-order valence-electron chi connectivity index (χ2n) is 15.4. The van der Waals surface area contributed by atoms with E-state index in [9.17, 15) is 22.6 Å². The predicted octanol–water partition coefficient (Wildman–Crippen LogP) is 9.05. The van der Waals surface area contributed by atoms with E-state index in [-0.39, 0.29) is 68.5 Å². The Morgan fingerprint density at radius 1 is 0.796 bits per heavy atom. The SMILES string of the molecule is C.COC(=O)C1C(c2cc[c]([Sn]([CH3])([CH3])[CH3])cc2)CC2CCC1N2CCCF.COC(=O)C1C(c2ccc([123I])cc2)CC2CCC1N2CCCF.FP.[3H][CH2][Sn]. The fourth-order valence-electron chi connectivity index (χ4n) is 9.35. The molecule has 2 aromatic carbocycles. The van der Waals surface area contributed by atoms with Crippen LogP contribution in [0.4, 0.5) is 13.0 Å². The first-order chi connectivity index (χ1) is 25.9. The average Bonchev–Trinajstić information content (AvgIpc) is 3.61. The molecule has 0 amide bonds. The Hall–Kier alpha value is -0.153. The molecule has 6 nitrogen and oxygen atoms in total. The molecule has 4 aliphatic heterocycles. The molecule has 13 heteroatoms. The van der Waals surface area contributed by atoms with E-state index < -0.39 is 18.4 Å². The Morgan fingerprint density at radius 2 is 1.17 bits per heavy atom. The molecule has 9 unspecified atom stereocenters. The van der Waals surface area contributed by atoms with Gasteiger partial charge in [0.1, 0.15) is 0 Å². The van der Waals surface area contributed by atoms with Crippen molar-refractivity contribution in [1.82, 2.24) is 9.80 Å². The first kappa shape index (κ1) is 48.2. The fourth-order valence-corrected chi connectivity index (χ4v) is 13.0. The van der Waals surface area contributed by atoms with E-state index in [1.807, 2.05) is 0 Å². The third-order valence-corrected chi connectivity index (χ3v) is 18.3. The second-order valence-corrected chi connectivity index (χ2v) is 31.1. The van der Waals surface area contributed by atoms with Crippen molar-refractivity contribution in [3.63, 3.8) is 0 Å². The molecular weight excluding hydrogens is 1030 g/mol. The summed E-state index contributed by atoms with van der Waals surface area (Å²) in [6, 6.07) is 18.9. The van der Waals surface area contributed by atoms with Crippen molar-refractivity contribution in [3.05, 3.63) is 63.2 Å². The number of nitrogens with zero attached hydrogens (tertiary/aromatic N) is 2. The molecule has 4 bridgehead atoms. The quantitative estimate of drug-likeness (QED) is 0.0970. The number of methoxy groups -OCH3 is 2. The van der Waals surface area contributed by atoms with Crippen LogP contribution in [0, 0.1) is 15.4 Å². The topological polar surface area (TPSA) is 59.1 Å². The third-order valence-electron chi connectivity index (χ3n) is 11.7. The van der Waals surface area contributed by atoms with Crippen LogP contribution in [0.25, 0.3) is 0 Å². The van der Waals surface area contributed by atoms with Crippen LogP contribution >= 0.6 is 32.1 Å². The summed E-state index contributed by atoms with van der Waals surface area (Å²) in [6.45, 7) is 0.921. The number of ether oxygens (including phenoxy) is 2. The maximum atomic E-state index is 12.7. The number of piperidine rings is 2. The first-order valence-electron chi connectivity index (χ1n) is 19.4. The Kier molecular flexibility index (Phi) is 22.0. The predicted molar refractivity (Wildman–Crippen MR) is 232 cm³/mol. The number of esters is 2. The normalized spacial score (nSPS) is 27.4. The molecule has 4 fully saturated rings. The van der Waals surface area contributed by atoms with Crippen LogP contribution in [0.1, 0.15) is 83.1 Å². The van der Waals surface area contributed by atoms with Crippen molar-refractivity contribution in [3.8, 4) is 0 Å². The molecule has 54 heavy (non-hydrogen) atoms. The molecule has 0 spiro atoms. The second kappa shape index (κ2) is 24.7. The number of hydrogen-bond donors (Lipinski definition) is 0. The number of benzene rings is 2. The van der Waals surface area contributed by atoms with Gasteiger partial charge in [-0.1, -0.05) is 19.6 Å². The van der Waals surface area contributed by atoms with Crippen molar-refractivity contribution >= 4 is 88.6 Å². The maximum absolute atomic E-state index is 12.7. The van der Waals surface area contributed by atoms with Crippen LogP contribution in [0.5, 0.6) is 0 Å². The number of carbonyl (C=O) groups excluding carboxylic acids is 2. The van der Waals surface area contributed by atoms with Gasteiger partial charge in [-0.05, 0) is 66.0 Å². The Labute approximate surface area is 359 Å². The molecule has 0 N–H and O–H groups in total. The molecule has 6 rings (SSSR count). The Balaban J connectivity index is 0.000000337. The summed E-state index contributed by atoms with van der Waals surface area (Å²) in [6.07, 6.45) is 7.28. The summed E-state index contributed by atoms with van der Waals surface area (Å²) in [4.78, 5) is 37.8. The summed E-state index contributed by atoms with van der Waals surface area (Å²) >= 11 is 1.53. The van der Waals surface area contributed by atoms with E-state index in [2.05, 4.69) is 95.7 Å². The zero-order valence-corrected chi connectivity index (χ0v) is 41.1. The van der Waals surface area contributed by atoms with Gasteiger partial charge in [-0.3, -0.25) is 14.1 Å². The zero-order valence-electron chi connectivity index (χ0n) is 33.0. The molecule has 0 aliphatic carbocycles. The van der Waals surface area contributed by atoms with Gasteiger partial charge in [0, 0.05) is 28.1 Å². The summed E-state index contributed by atoms with van der Waals surface area (Å²) in [5.41, 5.74) is 2.49. The minimum atomic E-state index is -2.07. The molecule has 4 heterocycles. The number of fused-ring (bicyclic) bond motifs is 4. The van der Waals surface area contributed by atoms with Gasteiger partial charge >= 0.3 is 196 Å². The van der Waals surface area contributed by atoms with E-state index >= 15 is 0 Å². The number of halogens is 4. The zero-order chi connectivity index (χ0) is 40.0. The van der Waals surface area contributed by atoms with Crippen molar-refractivity contribution in [1.29, 1.82) is 0 Å². The van der Waals surface area contributed by atoms with E-state index in [4.69, 9.17) is 10.8 Å². The Morgan fingerprint density at radius 3 is 1.50 bits per heavy atom. The van der Waals surface area contributed by atoms with Crippen molar-refractivity contribution in [2.45, 2.75) is 115 Å². The van der Waals surface area contributed by atoms with Crippen LogP contribution in [0.15, 0.2) is 48.5 Å². The van der Waals surface area contributed by atoms with Crippen LogP contribution < -0.4 is 3.58 Å². The van der Waals surface area contributed by atoms with Gasteiger partial charge in [-0.2, -0.15) is 0 Å². The van der Waals surface area contributed by atoms with Crippen LogP contribution in [0.3, 0.4) is 0 Å². The van der Waals surface area contributed by atoms with Gasteiger partial charge in [-0.25, -0.2) is 4.20 Å². The van der Waals surface area contributed by atoms with Crippen LogP contribution in [0.2, 0.25) is 19.7 Å². The van der Waals surface area contributed by atoms with Gasteiger partial charge in [0.25, 0.3) is 0 Å². The Bertz CT molecular complexity index is 1430.